The fourth-order valence-corrected chi connectivity index (χ4v) is 3.12. The van der Waals surface area contributed by atoms with E-state index in [1.165, 1.54) is 18.9 Å². The third-order valence-corrected chi connectivity index (χ3v) is 4.96. The number of thioether (sulfide) groups is 1. The summed E-state index contributed by atoms with van der Waals surface area (Å²) in [5, 5.41) is 8.47. The van der Waals surface area contributed by atoms with Crippen molar-refractivity contribution in [3.63, 3.8) is 0 Å². The fraction of sp³-hybridized carbons (Fsp3) is 0.579. The van der Waals surface area contributed by atoms with Crippen LogP contribution in [0.3, 0.4) is 0 Å². The number of carbonyl (C=O) groups is 1. The molecule has 0 amide bonds. The largest absolute Gasteiger partial charge is 0.486 e. The van der Waals surface area contributed by atoms with Gasteiger partial charge in [-0.1, -0.05) is 0 Å². The highest BCUT2D eigenvalue weighted by Gasteiger charge is 2.47. The number of ether oxygens (including phenoxy) is 3. The first kappa shape index (κ1) is 19.8. The van der Waals surface area contributed by atoms with Crippen molar-refractivity contribution < 1.29 is 19.0 Å². The van der Waals surface area contributed by atoms with Gasteiger partial charge in [-0.25, -0.2) is 4.79 Å². The molecule has 0 aromatic heterocycles. The van der Waals surface area contributed by atoms with Crippen LogP contribution in [0.15, 0.2) is 18.2 Å². The molecular weight excluding hydrogens is 338 g/mol. The summed E-state index contributed by atoms with van der Waals surface area (Å²) < 4.78 is 17.2. The van der Waals surface area contributed by atoms with Crippen molar-refractivity contribution in [3.8, 4) is 5.75 Å². The fourth-order valence-electron chi connectivity index (χ4n) is 2.76. The second-order valence-corrected chi connectivity index (χ2v) is 8.13. The van der Waals surface area contributed by atoms with Crippen molar-refractivity contribution in [3.05, 3.63) is 29.3 Å². The van der Waals surface area contributed by atoms with Gasteiger partial charge in [0.15, 0.2) is 5.60 Å². The van der Waals surface area contributed by atoms with Crippen molar-refractivity contribution in [1.82, 2.24) is 0 Å². The standard InChI is InChI=1S/C19H27NO4S/c1-18(2,3)24-17(21)19(4,22-5)15-10-8-12-11-13(16(20)25-6)7-9-14(12)23-15/h7,9,11,15,20H,8,10H2,1-6H3/t15-,19+/m1/s1. The number of fused-ring (bicyclic) bond motifs is 1. The molecule has 6 heteroatoms. The number of benzene rings is 1. The molecule has 0 fully saturated rings. The van der Waals surface area contributed by atoms with Crippen LogP contribution in [0.5, 0.6) is 5.75 Å². The van der Waals surface area contributed by atoms with Crippen molar-refractivity contribution in [2.24, 2.45) is 0 Å². The molecule has 138 valence electrons. The van der Waals surface area contributed by atoms with Gasteiger partial charge in [-0.3, -0.25) is 5.41 Å². The number of rotatable bonds is 4. The molecule has 5 nitrogen and oxygen atoms in total. The predicted octanol–water partition coefficient (Wildman–Crippen LogP) is 3.82. The zero-order valence-electron chi connectivity index (χ0n) is 15.8. The Morgan fingerprint density at radius 1 is 1.32 bits per heavy atom. The van der Waals surface area contributed by atoms with Crippen LogP contribution in [-0.4, -0.2) is 41.7 Å². The third-order valence-electron chi connectivity index (χ3n) is 4.31. The number of carbonyl (C=O) groups excluding carboxylic acids is 1. The molecule has 0 bridgehead atoms. The van der Waals surface area contributed by atoms with Crippen LogP contribution < -0.4 is 4.74 Å². The minimum absolute atomic E-state index is 0.420. The number of hydrogen-bond acceptors (Lipinski definition) is 6. The highest BCUT2D eigenvalue weighted by atomic mass is 32.2. The molecule has 25 heavy (non-hydrogen) atoms. The van der Waals surface area contributed by atoms with Gasteiger partial charge in [0.2, 0.25) is 0 Å². The molecule has 1 aliphatic rings. The topological polar surface area (TPSA) is 68.6 Å². The van der Waals surface area contributed by atoms with E-state index in [-0.39, 0.29) is 0 Å². The second kappa shape index (κ2) is 7.38. The molecule has 1 aromatic carbocycles. The van der Waals surface area contributed by atoms with E-state index in [0.717, 1.165) is 23.3 Å². The molecular formula is C19H27NO4S. The lowest BCUT2D eigenvalue weighted by Crippen LogP contribution is -2.54. The van der Waals surface area contributed by atoms with E-state index < -0.39 is 23.3 Å². The van der Waals surface area contributed by atoms with Gasteiger partial charge in [-0.15, -0.1) is 11.8 Å². The number of hydrogen-bond donors (Lipinski definition) is 1. The van der Waals surface area contributed by atoms with Gasteiger partial charge in [0.05, 0.1) is 5.04 Å². The maximum Gasteiger partial charge on any atom is 0.342 e. The molecule has 1 N–H and O–H groups in total. The average molecular weight is 365 g/mol. The summed E-state index contributed by atoms with van der Waals surface area (Å²) in [7, 11) is 1.51. The molecule has 0 saturated carbocycles. The van der Waals surface area contributed by atoms with Crippen molar-refractivity contribution in [2.75, 3.05) is 13.4 Å². The first-order valence-corrected chi connectivity index (χ1v) is 9.54. The molecule has 0 unspecified atom stereocenters. The van der Waals surface area contributed by atoms with E-state index in [4.69, 9.17) is 19.6 Å². The minimum atomic E-state index is -1.17. The smallest absolute Gasteiger partial charge is 0.342 e. The summed E-state index contributed by atoms with van der Waals surface area (Å²) >= 11 is 1.41. The van der Waals surface area contributed by atoms with Crippen LogP contribution >= 0.6 is 11.8 Å². The Morgan fingerprint density at radius 3 is 2.56 bits per heavy atom. The van der Waals surface area contributed by atoms with E-state index in [9.17, 15) is 4.79 Å². The highest BCUT2D eigenvalue weighted by molar-refractivity contribution is 8.13. The SMILES string of the molecule is CO[C@](C)(C(=O)OC(C)(C)C)[C@H]1CCc2cc(C(=N)SC)ccc2O1. The van der Waals surface area contributed by atoms with Gasteiger partial charge >= 0.3 is 5.97 Å². The Balaban J connectivity index is 2.22. The Kier molecular flexibility index (Phi) is 5.84. The van der Waals surface area contributed by atoms with Crippen LogP contribution in [0.4, 0.5) is 0 Å². The molecule has 0 aliphatic carbocycles. The first-order chi connectivity index (χ1) is 11.6. The van der Waals surface area contributed by atoms with Crippen LogP contribution in [0, 0.1) is 5.41 Å². The van der Waals surface area contributed by atoms with Crippen LogP contribution in [0.25, 0.3) is 0 Å². The summed E-state index contributed by atoms with van der Waals surface area (Å²) in [6, 6.07) is 5.73. The Labute approximate surface area is 153 Å². The van der Waals surface area contributed by atoms with Gasteiger partial charge in [-0.05, 0) is 70.6 Å². The van der Waals surface area contributed by atoms with Crippen molar-refractivity contribution in [1.29, 1.82) is 5.41 Å². The summed E-state index contributed by atoms with van der Waals surface area (Å²) in [5.74, 6) is 0.317. The lowest BCUT2D eigenvalue weighted by Gasteiger charge is -2.38. The normalized spacial score (nSPS) is 19.4. The van der Waals surface area contributed by atoms with Crippen molar-refractivity contribution in [2.45, 2.75) is 57.8 Å². The zero-order valence-corrected chi connectivity index (χ0v) is 16.6. The number of methoxy groups -OCH3 is 1. The minimum Gasteiger partial charge on any atom is -0.486 e. The van der Waals surface area contributed by atoms with E-state index in [0.29, 0.717) is 11.5 Å². The second-order valence-electron chi connectivity index (χ2n) is 7.31. The molecule has 1 heterocycles. The highest BCUT2D eigenvalue weighted by Crippen LogP contribution is 2.35. The van der Waals surface area contributed by atoms with Crippen LogP contribution in [-0.2, 0) is 20.7 Å². The summed E-state index contributed by atoms with van der Waals surface area (Å²) in [6.45, 7) is 7.22. The summed E-state index contributed by atoms with van der Waals surface area (Å²) in [6.07, 6.45) is 2.87. The van der Waals surface area contributed by atoms with E-state index >= 15 is 0 Å². The number of nitrogens with one attached hydrogen (secondary N) is 1. The average Bonchev–Trinajstić information content (AvgIpc) is 2.57. The Hall–Kier alpha value is -1.53. The molecule has 0 radical (unpaired) electrons. The zero-order chi connectivity index (χ0) is 18.8. The van der Waals surface area contributed by atoms with Gasteiger partial charge < -0.3 is 14.2 Å². The molecule has 1 aromatic rings. The lowest BCUT2D eigenvalue weighted by atomic mass is 9.90. The Morgan fingerprint density at radius 2 is 2.00 bits per heavy atom. The Bertz CT molecular complexity index is 668. The molecule has 0 saturated heterocycles. The number of esters is 1. The van der Waals surface area contributed by atoms with Crippen LogP contribution in [0.1, 0.15) is 45.2 Å². The predicted molar refractivity (Wildman–Crippen MR) is 101 cm³/mol. The quantitative estimate of drug-likeness (QED) is 0.499. The van der Waals surface area contributed by atoms with Crippen LogP contribution in [0.2, 0.25) is 0 Å². The van der Waals surface area contributed by atoms with Crippen molar-refractivity contribution >= 4 is 22.8 Å². The molecule has 2 atom stereocenters. The maximum absolute atomic E-state index is 12.6. The summed E-state index contributed by atoms with van der Waals surface area (Å²) in [4.78, 5) is 12.6. The monoisotopic (exact) mass is 365 g/mol. The van der Waals surface area contributed by atoms with E-state index in [1.54, 1.807) is 6.92 Å². The summed E-state index contributed by atoms with van der Waals surface area (Å²) in [5.41, 5.74) is 0.178. The molecule has 1 aliphatic heterocycles. The molecule has 2 rings (SSSR count). The van der Waals surface area contributed by atoms with Gasteiger partial charge in [0.25, 0.3) is 0 Å². The maximum atomic E-state index is 12.6. The van der Waals surface area contributed by atoms with Gasteiger partial charge in [-0.2, -0.15) is 0 Å². The van der Waals surface area contributed by atoms with E-state index in [2.05, 4.69) is 0 Å². The first-order valence-electron chi connectivity index (χ1n) is 8.32. The number of aryl methyl sites for hydroxylation is 1. The third kappa shape index (κ3) is 4.36. The van der Waals surface area contributed by atoms with Gasteiger partial charge in [0, 0.05) is 12.7 Å². The lowest BCUT2D eigenvalue weighted by molar-refractivity contribution is -0.190. The van der Waals surface area contributed by atoms with E-state index in [1.807, 2.05) is 45.2 Å². The van der Waals surface area contributed by atoms with Gasteiger partial charge in [0.1, 0.15) is 17.5 Å². The molecule has 0 spiro atoms.